The van der Waals surface area contributed by atoms with Gasteiger partial charge < -0.3 is 19.7 Å². The summed E-state index contributed by atoms with van der Waals surface area (Å²) in [4.78, 5) is 25.7. The quantitative estimate of drug-likeness (QED) is 0.508. The molecule has 2 N–H and O–H groups in total. The molecule has 4 heterocycles. The summed E-state index contributed by atoms with van der Waals surface area (Å²) in [5.41, 5.74) is 2.12. The molecule has 0 radical (unpaired) electrons. The monoisotopic (exact) mass is 392 g/mol. The van der Waals surface area contributed by atoms with Crippen LogP contribution >= 0.6 is 0 Å². The van der Waals surface area contributed by atoms with Crippen LogP contribution in [0.1, 0.15) is 13.8 Å². The van der Waals surface area contributed by atoms with Gasteiger partial charge in [-0.05, 0) is 26.0 Å². The summed E-state index contributed by atoms with van der Waals surface area (Å²) in [6, 6.07) is 4.04. The summed E-state index contributed by atoms with van der Waals surface area (Å²) in [6.07, 6.45) is 8.35. The molecule has 0 bridgehead atoms. The number of aliphatic hydroxyl groups is 1. The van der Waals surface area contributed by atoms with Gasteiger partial charge in [0.15, 0.2) is 5.65 Å². The molecular weight excluding hydrogens is 372 g/mol. The Balaban J connectivity index is 1.54. The number of ether oxygens (including phenoxy) is 1. The minimum Gasteiger partial charge on any atom is -0.467 e. The van der Waals surface area contributed by atoms with Gasteiger partial charge in [0, 0.05) is 29.7 Å². The lowest BCUT2D eigenvalue weighted by Gasteiger charge is -2.17. The number of anilines is 2. The summed E-state index contributed by atoms with van der Waals surface area (Å²) in [5, 5.41) is 13.2. The van der Waals surface area contributed by atoms with E-state index in [0.29, 0.717) is 35.5 Å². The first-order valence-corrected chi connectivity index (χ1v) is 8.91. The van der Waals surface area contributed by atoms with Crippen LogP contribution in [-0.2, 0) is 6.54 Å². The molecule has 148 valence electrons. The number of aromatic nitrogens is 7. The highest BCUT2D eigenvalue weighted by Gasteiger charge is 2.16. The highest BCUT2D eigenvalue weighted by atomic mass is 16.5. The molecule has 10 nitrogen and oxygen atoms in total. The van der Waals surface area contributed by atoms with Gasteiger partial charge in [-0.2, -0.15) is 4.98 Å². The van der Waals surface area contributed by atoms with Crippen molar-refractivity contribution < 1.29 is 9.84 Å². The molecule has 29 heavy (non-hydrogen) atoms. The predicted octanol–water partition coefficient (Wildman–Crippen LogP) is 2.20. The maximum atomic E-state index is 10.1. The summed E-state index contributed by atoms with van der Waals surface area (Å²) < 4.78 is 6.76. The van der Waals surface area contributed by atoms with Crippen molar-refractivity contribution in [3.05, 3.63) is 43.2 Å². The number of nitrogens with zero attached hydrogens (tertiary/aromatic N) is 7. The molecule has 0 saturated heterocycles. The SMILES string of the molecule is COc1ncc(-c2ccc(Nc3ncc4ncn(CC(C)(C)O)c4n3)nc2)cn1. The lowest BCUT2D eigenvalue weighted by atomic mass is 10.1. The number of hydrogen-bond acceptors (Lipinski definition) is 9. The van der Waals surface area contributed by atoms with Crippen molar-refractivity contribution in [3.8, 4) is 17.1 Å². The molecule has 4 aromatic rings. The Labute approximate surface area is 166 Å². The highest BCUT2D eigenvalue weighted by Crippen LogP contribution is 2.21. The van der Waals surface area contributed by atoms with Crippen molar-refractivity contribution in [2.24, 2.45) is 0 Å². The Morgan fingerprint density at radius 1 is 1.00 bits per heavy atom. The molecule has 0 unspecified atom stereocenters. The highest BCUT2D eigenvalue weighted by molar-refractivity contribution is 5.71. The average Bonchev–Trinajstić information content (AvgIpc) is 3.09. The topological polar surface area (TPSA) is 124 Å². The Morgan fingerprint density at radius 3 is 2.41 bits per heavy atom. The van der Waals surface area contributed by atoms with Crippen LogP contribution in [0.15, 0.2) is 43.2 Å². The van der Waals surface area contributed by atoms with E-state index in [-0.39, 0.29) is 0 Å². The van der Waals surface area contributed by atoms with E-state index in [0.717, 1.165) is 11.1 Å². The summed E-state index contributed by atoms with van der Waals surface area (Å²) in [6.45, 7) is 3.84. The lowest BCUT2D eigenvalue weighted by molar-refractivity contribution is 0.0625. The van der Waals surface area contributed by atoms with Gasteiger partial charge in [-0.15, -0.1) is 0 Å². The zero-order valence-electron chi connectivity index (χ0n) is 16.2. The molecule has 0 aliphatic rings. The Kier molecular flexibility index (Phi) is 4.77. The molecule has 10 heteroatoms. The number of rotatable bonds is 6. The summed E-state index contributed by atoms with van der Waals surface area (Å²) >= 11 is 0. The zero-order valence-corrected chi connectivity index (χ0v) is 16.2. The summed E-state index contributed by atoms with van der Waals surface area (Å²) in [5.74, 6) is 0.985. The van der Waals surface area contributed by atoms with Gasteiger partial charge in [-0.1, -0.05) is 0 Å². The Hall–Kier alpha value is -3.66. The number of nitrogens with one attached hydrogen (secondary N) is 1. The van der Waals surface area contributed by atoms with E-state index < -0.39 is 5.60 Å². The van der Waals surface area contributed by atoms with Gasteiger partial charge in [0.05, 0.1) is 31.8 Å². The van der Waals surface area contributed by atoms with Gasteiger partial charge in [-0.25, -0.2) is 24.9 Å². The third kappa shape index (κ3) is 4.27. The number of hydrogen-bond donors (Lipinski definition) is 2. The first-order chi connectivity index (χ1) is 13.9. The molecule has 0 aliphatic carbocycles. The van der Waals surface area contributed by atoms with E-state index in [1.54, 1.807) is 49.5 Å². The molecular formula is C19H20N8O2. The average molecular weight is 392 g/mol. The standard InChI is InChI=1S/C19H20N8O2/c1-19(2,28)10-27-11-24-14-9-21-17(26-16(14)27)25-15-5-4-12(6-20-15)13-7-22-18(29-3)23-8-13/h4-9,11,28H,10H2,1-3H3,(H,20,21,25,26). The van der Waals surface area contributed by atoms with Crippen molar-refractivity contribution in [3.63, 3.8) is 0 Å². The van der Waals surface area contributed by atoms with Crippen molar-refractivity contribution >= 4 is 22.9 Å². The van der Waals surface area contributed by atoms with Crippen LogP contribution in [0.2, 0.25) is 0 Å². The van der Waals surface area contributed by atoms with Gasteiger partial charge in [0.25, 0.3) is 0 Å². The van der Waals surface area contributed by atoms with Gasteiger partial charge >= 0.3 is 6.01 Å². The number of fused-ring (bicyclic) bond motifs is 1. The lowest BCUT2D eigenvalue weighted by Crippen LogP contribution is -2.25. The molecule has 0 aromatic carbocycles. The van der Waals surface area contributed by atoms with E-state index in [1.165, 1.54) is 7.11 Å². The molecule has 4 aromatic heterocycles. The maximum absolute atomic E-state index is 10.1. The minimum atomic E-state index is -0.880. The van der Waals surface area contributed by atoms with Crippen molar-refractivity contribution in [1.82, 2.24) is 34.5 Å². The molecule has 0 saturated carbocycles. The number of pyridine rings is 1. The van der Waals surface area contributed by atoms with Gasteiger partial charge in [-0.3, -0.25) is 0 Å². The molecule has 0 fully saturated rings. The number of imidazole rings is 1. The van der Waals surface area contributed by atoms with Crippen molar-refractivity contribution in [2.75, 3.05) is 12.4 Å². The second-order valence-corrected chi connectivity index (χ2v) is 7.10. The maximum Gasteiger partial charge on any atom is 0.316 e. The summed E-state index contributed by atoms with van der Waals surface area (Å²) in [7, 11) is 1.52. The van der Waals surface area contributed by atoms with E-state index >= 15 is 0 Å². The third-order valence-electron chi connectivity index (χ3n) is 4.06. The van der Waals surface area contributed by atoms with Crippen molar-refractivity contribution in [2.45, 2.75) is 26.0 Å². The van der Waals surface area contributed by atoms with E-state index in [2.05, 4.69) is 35.2 Å². The molecule has 4 rings (SSSR count). The molecule has 0 amide bonds. The van der Waals surface area contributed by atoms with Crippen molar-refractivity contribution in [1.29, 1.82) is 0 Å². The van der Waals surface area contributed by atoms with Gasteiger partial charge in [0.1, 0.15) is 11.3 Å². The van der Waals surface area contributed by atoms with E-state index in [4.69, 9.17) is 4.74 Å². The first kappa shape index (κ1) is 18.7. The Morgan fingerprint density at radius 2 is 1.76 bits per heavy atom. The Bertz CT molecular complexity index is 1120. The van der Waals surface area contributed by atoms with Crippen LogP contribution in [0.4, 0.5) is 11.8 Å². The zero-order chi connectivity index (χ0) is 20.4. The van der Waals surface area contributed by atoms with Gasteiger partial charge in [0.2, 0.25) is 5.95 Å². The molecule has 0 spiro atoms. The first-order valence-electron chi connectivity index (χ1n) is 8.91. The van der Waals surface area contributed by atoms with Crippen LogP contribution in [0, 0.1) is 0 Å². The van der Waals surface area contributed by atoms with Crippen LogP contribution in [0.3, 0.4) is 0 Å². The fraction of sp³-hybridized carbons (Fsp3) is 0.263. The molecule has 0 aliphatic heterocycles. The minimum absolute atomic E-state index is 0.316. The van der Waals surface area contributed by atoms with Crippen LogP contribution < -0.4 is 10.1 Å². The van der Waals surface area contributed by atoms with Crippen LogP contribution in [-0.4, -0.2) is 52.3 Å². The third-order valence-corrected chi connectivity index (χ3v) is 4.06. The van der Waals surface area contributed by atoms with E-state index in [9.17, 15) is 5.11 Å². The second-order valence-electron chi connectivity index (χ2n) is 7.10. The van der Waals surface area contributed by atoms with Crippen LogP contribution in [0.25, 0.3) is 22.3 Å². The predicted molar refractivity (Wildman–Crippen MR) is 107 cm³/mol. The largest absolute Gasteiger partial charge is 0.467 e. The fourth-order valence-electron chi connectivity index (χ4n) is 2.77. The fourth-order valence-corrected chi connectivity index (χ4v) is 2.77. The smallest absolute Gasteiger partial charge is 0.316 e. The normalized spacial score (nSPS) is 11.6. The van der Waals surface area contributed by atoms with Crippen LogP contribution in [0.5, 0.6) is 6.01 Å². The number of methoxy groups -OCH3 is 1. The molecule has 0 atom stereocenters. The second kappa shape index (κ2) is 7.40. The van der Waals surface area contributed by atoms with E-state index in [1.807, 2.05) is 12.1 Å².